The molecule has 1 amide bonds. The summed E-state index contributed by atoms with van der Waals surface area (Å²) in [7, 11) is -3.33. The van der Waals surface area contributed by atoms with Gasteiger partial charge in [-0.2, -0.15) is 4.31 Å². The fourth-order valence-corrected chi connectivity index (χ4v) is 6.02. The van der Waals surface area contributed by atoms with Crippen molar-refractivity contribution in [2.75, 3.05) is 39.3 Å². The van der Waals surface area contributed by atoms with Crippen molar-refractivity contribution in [3.63, 3.8) is 0 Å². The summed E-state index contributed by atoms with van der Waals surface area (Å²) < 4.78 is 27.0. The van der Waals surface area contributed by atoms with Crippen molar-refractivity contribution in [1.82, 2.24) is 14.1 Å². The second-order valence-electron chi connectivity index (χ2n) is 8.54. The minimum absolute atomic E-state index is 0.0336. The number of hydrogen-bond donors (Lipinski definition) is 0. The summed E-state index contributed by atoms with van der Waals surface area (Å²) in [4.78, 5) is 17.1. The number of piperazine rings is 1. The number of nitrogens with zero attached hydrogens (tertiary/aromatic N) is 3. The molecular weight excluding hydrogens is 374 g/mol. The van der Waals surface area contributed by atoms with Crippen molar-refractivity contribution >= 4 is 15.9 Å². The summed E-state index contributed by atoms with van der Waals surface area (Å²) in [5.41, 5.74) is 0.807. The van der Waals surface area contributed by atoms with E-state index >= 15 is 0 Å². The largest absolute Gasteiger partial charge is 0.341 e. The number of hydrogen-bond acceptors (Lipinski definition) is 4. The van der Waals surface area contributed by atoms with E-state index in [2.05, 4.69) is 18.7 Å². The highest BCUT2D eigenvalue weighted by Crippen LogP contribution is 2.23. The molecule has 7 heteroatoms. The summed E-state index contributed by atoms with van der Waals surface area (Å²) in [6, 6.07) is 9.09. The van der Waals surface area contributed by atoms with Gasteiger partial charge >= 0.3 is 0 Å². The number of likely N-dealkylation sites (tertiary alicyclic amines) is 1. The molecule has 0 saturated carbocycles. The minimum atomic E-state index is -3.33. The molecule has 0 unspecified atom stereocenters. The highest BCUT2D eigenvalue weighted by atomic mass is 32.2. The Kier molecular flexibility index (Phi) is 6.78. The molecule has 0 N–H and O–H groups in total. The van der Waals surface area contributed by atoms with Gasteiger partial charge in [0, 0.05) is 39.3 Å². The molecule has 0 bridgehead atoms. The summed E-state index contributed by atoms with van der Waals surface area (Å²) in [6.07, 6.45) is 1.18. The predicted octanol–water partition coefficient (Wildman–Crippen LogP) is 2.03. The Labute approximate surface area is 169 Å². The summed E-state index contributed by atoms with van der Waals surface area (Å²) >= 11 is 0. The maximum absolute atomic E-state index is 13.0. The molecule has 2 heterocycles. The lowest BCUT2D eigenvalue weighted by Crippen LogP contribution is -2.57. The van der Waals surface area contributed by atoms with Crippen molar-refractivity contribution in [2.24, 2.45) is 11.8 Å². The van der Waals surface area contributed by atoms with Gasteiger partial charge in [-0.3, -0.25) is 9.69 Å². The van der Waals surface area contributed by atoms with Crippen molar-refractivity contribution in [3.05, 3.63) is 35.9 Å². The zero-order valence-electron chi connectivity index (χ0n) is 17.3. The van der Waals surface area contributed by atoms with Crippen LogP contribution in [0.4, 0.5) is 0 Å². The first-order valence-corrected chi connectivity index (χ1v) is 11.9. The van der Waals surface area contributed by atoms with Crippen LogP contribution in [0, 0.1) is 11.8 Å². The summed E-state index contributed by atoms with van der Waals surface area (Å²) in [6.45, 7) is 10.1. The lowest BCUT2D eigenvalue weighted by molar-refractivity contribution is -0.139. The van der Waals surface area contributed by atoms with Crippen molar-refractivity contribution in [3.8, 4) is 0 Å². The highest BCUT2D eigenvalue weighted by molar-refractivity contribution is 7.88. The van der Waals surface area contributed by atoms with Crippen LogP contribution in [0.5, 0.6) is 0 Å². The van der Waals surface area contributed by atoms with Crippen molar-refractivity contribution in [2.45, 2.75) is 39.0 Å². The Morgan fingerprint density at radius 2 is 1.61 bits per heavy atom. The van der Waals surface area contributed by atoms with Gasteiger partial charge in [-0.1, -0.05) is 44.2 Å². The lowest BCUT2D eigenvalue weighted by atomic mass is 9.91. The van der Waals surface area contributed by atoms with Gasteiger partial charge < -0.3 is 4.90 Å². The molecule has 2 aliphatic heterocycles. The van der Waals surface area contributed by atoms with E-state index in [0.29, 0.717) is 38.0 Å². The van der Waals surface area contributed by atoms with Crippen molar-refractivity contribution in [1.29, 1.82) is 0 Å². The first-order chi connectivity index (χ1) is 13.3. The smallest absolute Gasteiger partial charge is 0.239 e. The number of rotatable bonds is 5. The molecule has 0 aromatic heterocycles. The Morgan fingerprint density at radius 1 is 1.04 bits per heavy atom. The molecular formula is C21H33N3O3S. The topological polar surface area (TPSA) is 60.9 Å². The van der Waals surface area contributed by atoms with E-state index < -0.39 is 10.0 Å². The van der Waals surface area contributed by atoms with Crippen LogP contribution in [0.25, 0.3) is 0 Å². The van der Waals surface area contributed by atoms with Crippen LogP contribution in [0.2, 0.25) is 0 Å². The molecule has 2 saturated heterocycles. The summed E-state index contributed by atoms with van der Waals surface area (Å²) in [5, 5.41) is 0. The Balaban J connectivity index is 1.55. The lowest BCUT2D eigenvalue weighted by Gasteiger charge is -2.41. The highest BCUT2D eigenvalue weighted by Gasteiger charge is 2.34. The third-order valence-electron chi connectivity index (χ3n) is 5.94. The van der Waals surface area contributed by atoms with E-state index in [1.165, 1.54) is 6.42 Å². The molecule has 2 fully saturated rings. The number of sulfonamides is 1. The van der Waals surface area contributed by atoms with E-state index in [0.717, 1.165) is 18.7 Å². The first kappa shape index (κ1) is 21.3. The molecule has 1 aromatic carbocycles. The fourth-order valence-electron chi connectivity index (χ4n) is 4.51. The van der Waals surface area contributed by atoms with Crippen LogP contribution in [-0.4, -0.2) is 73.7 Å². The van der Waals surface area contributed by atoms with E-state index in [1.807, 2.05) is 42.2 Å². The molecule has 3 atom stereocenters. The van der Waals surface area contributed by atoms with Gasteiger partial charge in [0.1, 0.15) is 0 Å². The number of carbonyl (C=O) groups is 1. The van der Waals surface area contributed by atoms with Crippen LogP contribution in [0.1, 0.15) is 32.8 Å². The average Bonchev–Trinajstić information content (AvgIpc) is 2.66. The standard InChI is InChI=1S/C21H33N3O3S/c1-17-13-18(2)15-23(14-17)21(25)19(3)22-9-11-24(12-10-22)28(26,27)16-20-7-5-4-6-8-20/h4-8,17-19H,9-16H2,1-3H3/t17-,18+,19-/m1/s1. The molecule has 6 nitrogen and oxygen atoms in total. The molecule has 28 heavy (non-hydrogen) atoms. The Morgan fingerprint density at radius 3 is 2.18 bits per heavy atom. The third kappa shape index (κ3) is 5.13. The molecule has 156 valence electrons. The van der Waals surface area contributed by atoms with Gasteiger partial charge in [0.2, 0.25) is 15.9 Å². The SMILES string of the molecule is C[C@@H]1C[C@H](C)CN(C(=O)[C@@H](C)N2CCN(S(=O)(=O)Cc3ccccc3)CC2)C1. The van der Waals surface area contributed by atoms with Crippen LogP contribution in [0.3, 0.4) is 0 Å². The average molecular weight is 408 g/mol. The second-order valence-corrected chi connectivity index (χ2v) is 10.5. The molecule has 2 aliphatic rings. The Hall–Kier alpha value is -1.44. The van der Waals surface area contributed by atoms with Crippen LogP contribution >= 0.6 is 0 Å². The zero-order chi connectivity index (χ0) is 20.3. The molecule has 0 spiro atoms. The van der Waals surface area contributed by atoms with Crippen LogP contribution < -0.4 is 0 Å². The van der Waals surface area contributed by atoms with Gasteiger partial charge in [-0.15, -0.1) is 0 Å². The zero-order valence-corrected chi connectivity index (χ0v) is 18.1. The van der Waals surface area contributed by atoms with Crippen LogP contribution in [0.15, 0.2) is 30.3 Å². The number of piperidine rings is 1. The molecule has 3 rings (SSSR count). The molecule has 1 aromatic rings. The quantitative estimate of drug-likeness (QED) is 0.749. The maximum Gasteiger partial charge on any atom is 0.239 e. The molecule has 0 radical (unpaired) electrons. The van der Waals surface area contributed by atoms with E-state index in [4.69, 9.17) is 0 Å². The van der Waals surface area contributed by atoms with Gasteiger partial charge in [-0.05, 0) is 30.7 Å². The van der Waals surface area contributed by atoms with E-state index in [1.54, 1.807) is 4.31 Å². The third-order valence-corrected chi connectivity index (χ3v) is 7.79. The number of amides is 1. The number of carbonyl (C=O) groups excluding carboxylic acids is 1. The minimum Gasteiger partial charge on any atom is -0.341 e. The maximum atomic E-state index is 13.0. The molecule has 0 aliphatic carbocycles. The van der Waals surface area contributed by atoms with E-state index in [9.17, 15) is 13.2 Å². The fraction of sp³-hybridized carbons (Fsp3) is 0.667. The summed E-state index contributed by atoms with van der Waals surface area (Å²) in [5.74, 6) is 1.30. The van der Waals surface area contributed by atoms with Crippen molar-refractivity contribution < 1.29 is 13.2 Å². The van der Waals surface area contributed by atoms with E-state index in [-0.39, 0.29) is 17.7 Å². The van der Waals surface area contributed by atoms with Gasteiger partial charge in [0.05, 0.1) is 11.8 Å². The van der Waals surface area contributed by atoms with Crippen LogP contribution in [-0.2, 0) is 20.6 Å². The number of benzene rings is 1. The normalized spacial score (nSPS) is 26.2. The van der Waals surface area contributed by atoms with Gasteiger partial charge in [0.25, 0.3) is 0 Å². The van der Waals surface area contributed by atoms with Gasteiger partial charge in [0.15, 0.2) is 0 Å². The monoisotopic (exact) mass is 407 g/mol. The first-order valence-electron chi connectivity index (χ1n) is 10.3. The van der Waals surface area contributed by atoms with Gasteiger partial charge in [-0.25, -0.2) is 8.42 Å². The second kappa shape index (κ2) is 8.93. The predicted molar refractivity (Wildman–Crippen MR) is 111 cm³/mol. The Bertz CT molecular complexity index is 750.